The van der Waals surface area contributed by atoms with Crippen LogP contribution in [-0.4, -0.2) is 41.9 Å². The van der Waals surface area contributed by atoms with Gasteiger partial charge in [-0.1, -0.05) is 30.3 Å². The van der Waals surface area contributed by atoms with Gasteiger partial charge in [0.2, 0.25) is 17.7 Å². The standard InChI is InChI=1S/C16H21N3O5/c1-11(20)17-9-10-18-13(21)7-8-14(22)19-15(16(23)24)12-5-3-2-4-6-12/h2-6,15H,7-10H2,1H3,(H,17,20)(H,18,21)(H,19,22)(H,23,24). The third-order valence-corrected chi connectivity index (χ3v) is 3.09. The molecule has 0 fully saturated rings. The van der Waals surface area contributed by atoms with E-state index in [0.29, 0.717) is 12.1 Å². The zero-order valence-corrected chi connectivity index (χ0v) is 13.4. The van der Waals surface area contributed by atoms with Crippen molar-refractivity contribution in [3.63, 3.8) is 0 Å². The quantitative estimate of drug-likeness (QED) is 0.471. The number of carboxylic acids is 1. The van der Waals surface area contributed by atoms with Crippen LogP contribution in [0.4, 0.5) is 0 Å². The SMILES string of the molecule is CC(=O)NCCNC(=O)CCC(=O)NC(C(=O)O)c1ccccc1. The van der Waals surface area contributed by atoms with E-state index in [1.165, 1.54) is 6.92 Å². The Labute approximate surface area is 139 Å². The number of benzene rings is 1. The van der Waals surface area contributed by atoms with E-state index in [-0.39, 0.29) is 31.2 Å². The zero-order valence-electron chi connectivity index (χ0n) is 13.4. The molecule has 8 nitrogen and oxygen atoms in total. The van der Waals surface area contributed by atoms with Gasteiger partial charge in [-0.05, 0) is 5.56 Å². The third-order valence-electron chi connectivity index (χ3n) is 3.09. The maximum absolute atomic E-state index is 11.8. The summed E-state index contributed by atoms with van der Waals surface area (Å²) in [5, 5.41) is 16.7. The highest BCUT2D eigenvalue weighted by molar-refractivity contribution is 5.87. The van der Waals surface area contributed by atoms with Crippen molar-refractivity contribution < 1.29 is 24.3 Å². The van der Waals surface area contributed by atoms with Gasteiger partial charge in [0.1, 0.15) is 0 Å². The van der Waals surface area contributed by atoms with Crippen LogP contribution < -0.4 is 16.0 Å². The smallest absolute Gasteiger partial charge is 0.330 e. The van der Waals surface area contributed by atoms with Gasteiger partial charge in [-0.15, -0.1) is 0 Å². The Balaban J connectivity index is 2.37. The van der Waals surface area contributed by atoms with Gasteiger partial charge in [0.05, 0.1) is 0 Å². The number of hydrogen-bond acceptors (Lipinski definition) is 4. The van der Waals surface area contributed by atoms with Gasteiger partial charge < -0.3 is 21.1 Å². The molecule has 24 heavy (non-hydrogen) atoms. The maximum Gasteiger partial charge on any atom is 0.330 e. The van der Waals surface area contributed by atoms with Crippen molar-refractivity contribution in [2.45, 2.75) is 25.8 Å². The van der Waals surface area contributed by atoms with Crippen molar-refractivity contribution in [1.29, 1.82) is 0 Å². The minimum atomic E-state index is -1.17. The highest BCUT2D eigenvalue weighted by Crippen LogP contribution is 2.12. The van der Waals surface area contributed by atoms with E-state index < -0.39 is 17.9 Å². The number of carbonyl (C=O) groups is 4. The normalized spacial score (nSPS) is 11.2. The van der Waals surface area contributed by atoms with Crippen molar-refractivity contribution >= 4 is 23.7 Å². The molecule has 3 amide bonds. The van der Waals surface area contributed by atoms with E-state index in [2.05, 4.69) is 16.0 Å². The Hall–Kier alpha value is -2.90. The molecule has 130 valence electrons. The summed E-state index contributed by atoms with van der Waals surface area (Å²) in [6.45, 7) is 1.95. The van der Waals surface area contributed by atoms with Gasteiger partial charge in [-0.25, -0.2) is 4.79 Å². The number of nitrogens with one attached hydrogen (secondary N) is 3. The second-order valence-corrected chi connectivity index (χ2v) is 5.08. The first-order valence-corrected chi connectivity index (χ1v) is 7.48. The molecule has 1 aromatic rings. The van der Waals surface area contributed by atoms with Crippen LogP contribution in [0.15, 0.2) is 30.3 Å². The summed E-state index contributed by atoms with van der Waals surface area (Å²) < 4.78 is 0. The molecule has 0 aromatic heterocycles. The largest absolute Gasteiger partial charge is 0.479 e. The summed E-state index contributed by atoms with van der Waals surface area (Å²) in [4.78, 5) is 45.3. The summed E-state index contributed by atoms with van der Waals surface area (Å²) in [6, 6.07) is 7.17. The highest BCUT2D eigenvalue weighted by atomic mass is 16.4. The summed E-state index contributed by atoms with van der Waals surface area (Å²) in [6.07, 6.45) is -0.185. The number of carboxylic acid groups (broad SMARTS) is 1. The van der Waals surface area contributed by atoms with Gasteiger partial charge in [0, 0.05) is 32.9 Å². The van der Waals surface area contributed by atoms with Crippen LogP contribution in [0.5, 0.6) is 0 Å². The number of hydrogen-bond donors (Lipinski definition) is 4. The first-order valence-electron chi connectivity index (χ1n) is 7.48. The number of aliphatic carboxylic acids is 1. The van der Waals surface area contributed by atoms with Gasteiger partial charge >= 0.3 is 5.97 Å². The second kappa shape index (κ2) is 9.98. The predicted molar refractivity (Wildman–Crippen MR) is 85.9 cm³/mol. The fraction of sp³-hybridized carbons (Fsp3) is 0.375. The molecule has 0 aliphatic rings. The van der Waals surface area contributed by atoms with Gasteiger partial charge in [0.15, 0.2) is 6.04 Å². The van der Waals surface area contributed by atoms with Gasteiger partial charge in [-0.2, -0.15) is 0 Å². The molecular formula is C16H21N3O5. The zero-order chi connectivity index (χ0) is 17.9. The molecule has 0 heterocycles. The molecule has 0 aliphatic carbocycles. The van der Waals surface area contributed by atoms with E-state index >= 15 is 0 Å². The number of amides is 3. The fourth-order valence-corrected chi connectivity index (χ4v) is 1.92. The molecule has 1 rings (SSSR count). The molecule has 8 heteroatoms. The Morgan fingerprint density at radius 1 is 0.958 bits per heavy atom. The van der Waals surface area contributed by atoms with Gasteiger partial charge in [-0.3, -0.25) is 14.4 Å². The Bertz CT molecular complexity index is 589. The first-order chi connectivity index (χ1) is 11.4. The lowest BCUT2D eigenvalue weighted by atomic mass is 10.1. The molecule has 0 aliphatic heterocycles. The summed E-state index contributed by atoms with van der Waals surface area (Å²) >= 11 is 0. The predicted octanol–water partition coefficient (Wildman–Crippen LogP) is -0.0390. The first kappa shape index (κ1) is 19.1. The molecule has 4 N–H and O–H groups in total. The fourth-order valence-electron chi connectivity index (χ4n) is 1.92. The summed E-state index contributed by atoms with van der Waals surface area (Å²) in [5.41, 5.74) is 0.457. The van der Waals surface area contributed by atoms with E-state index in [9.17, 15) is 24.3 Å². The lowest BCUT2D eigenvalue weighted by Crippen LogP contribution is -2.36. The molecule has 0 spiro atoms. The topological polar surface area (TPSA) is 125 Å². The molecular weight excluding hydrogens is 314 g/mol. The van der Waals surface area contributed by atoms with Crippen LogP contribution in [0.3, 0.4) is 0 Å². The summed E-state index contributed by atoms with van der Waals surface area (Å²) in [5.74, 6) is -2.23. The maximum atomic E-state index is 11.8. The Kier molecular flexibility index (Phi) is 7.97. The minimum Gasteiger partial charge on any atom is -0.479 e. The van der Waals surface area contributed by atoms with Crippen molar-refractivity contribution in [3.05, 3.63) is 35.9 Å². The monoisotopic (exact) mass is 335 g/mol. The van der Waals surface area contributed by atoms with Gasteiger partial charge in [0.25, 0.3) is 0 Å². The van der Waals surface area contributed by atoms with Crippen molar-refractivity contribution in [2.75, 3.05) is 13.1 Å². The molecule has 0 bridgehead atoms. The Morgan fingerprint density at radius 3 is 2.12 bits per heavy atom. The van der Waals surface area contributed by atoms with E-state index in [1.54, 1.807) is 30.3 Å². The average molecular weight is 335 g/mol. The van der Waals surface area contributed by atoms with Crippen LogP contribution in [-0.2, 0) is 19.2 Å². The van der Waals surface area contributed by atoms with Crippen LogP contribution in [0.2, 0.25) is 0 Å². The molecule has 1 unspecified atom stereocenters. The van der Waals surface area contributed by atoms with Crippen LogP contribution in [0, 0.1) is 0 Å². The average Bonchev–Trinajstić information content (AvgIpc) is 2.55. The van der Waals surface area contributed by atoms with Crippen LogP contribution >= 0.6 is 0 Å². The van der Waals surface area contributed by atoms with E-state index in [4.69, 9.17) is 0 Å². The van der Waals surface area contributed by atoms with Crippen LogP contribution in [0.25, 0.3) is 0 Å². The van der Waals surface area contributed by atoms with Crippen molar-refractivity contribution in [1.82, 2.24) is 16.0 Å². The van der Waals surface area contributed by atoms with E-state index in [0.717, 1.165) is 0 Å². The molecule has 0 saturated heterocycles. The summed E-state index contributed by atoms with van der Waals surface area (Å²) in [7, 11) is 0. The molecule has 1 aromatic carbocycles. The third kappa shape index (κ3) is 7.39. The molecule has 0 radical (unpaired) electrons. The highest BCUT2D eigenvalue weighted by Gasteiger charge is 2.21. The minimum absolute atomic E-state index is 0.0625. The van der Waals surface area contributed by atoms with Crippen LogP contribution in [0.1, 0.15) is 31.4 Å². The molecule has 1 atom stereocenters. The van der Waals surface area contributed by atoms with Crippen molar-refractivity contribution in [3.8, 4) is 0 Å². The lowest BCUT2D eigenvalue weighted by Gasteiger charge is -2.14. The lowest BCUT2D eigenvalue weighted by molar-refractivity contribution is -0.142. The second-order valence-electron chi connectivity index (χ2n) is 5.08. The molecule has 0 saturated carbocycles. The van der Waals surface area contributed by atoms with E-state index in [1.807, 2.05) is 0 Å². The van der Waals surface area contributed by atoms with Crippen molar-refractivity contribution in [2.24, 2.45) is 0 Å². The number of rotatable bonds is 9. The Morgan fingerprint density at radius 2 is 1.54 bits per heavy atom. The number of carbonyl (C=O) groups excluding carboxylic acids is 3.